The Bertz CT molecular complexity index is 946. The van der Waals surface area contributed by atoms with Crippen LogP contribution in [0, 0.1) is 5.92 Å². The number of esters is 1. The Labute approximate surface area is 173 Å². The van der Waals surface area contributed by atoms with Crippen LogP contribution in [0.5, 0.6) is 11.5 Å². The summed E-state index contributed by atoms with van der Waals surface area (Å²) in [6, 6.07) is 14.6. The summed E-state index contributed by atoms with van der Waals surface area (Å²) in [5.41, 5.74) is 1.52. The average molecular weight is 410 g/mol. The molecular formula is C22H22N2O6. The van der Waals surface area contributed by atoms with Crippen molar-refractivity contribution in [3.05, 3.63) is 54.1 Å². The summed E-state index contributed by atoms with van der Waals surface area (Å²) in [4.78, 5) is 38.3. The fourth-order valence-corrected chi connectivity index (χ4v) is 3.43. The Morgan fingerprint density at radius 3 is 2.63 bits per heavy atom. The van der Waals surface area contributed by atoms with E-state index >= 15 is 0 Å². The highest BCUT2D eigenvalue weighted by Crippen LogP contribution is 2.35. The second-order valence-corrected chi connectivity index (χ2v) is 7.10. The summed E-state index contributed by atoms with van der Waals surface area (Å²) in [7, 11) is 0. The van der Waals surface area contributed by atoms with Gasteiger partial charge in [0, 0.05) is 24.7 Å². The smallest absolute Gasteiger partial charge is 0.325 e. The Hall–Kier alpha value is -3.55. The zero-order chi connectivity index (χ0) is 20.9. The van der Waals surface area contributed by atoms with E-state index in [2.05, 4.69) is 5.32 Å². The lowest BCUT2D eigenvalue weighted by Crippen LogP contribution is -2.36. The lowest BCUT2D eigenvalue weighted by Gasteiger charge is -2.22. The normalized spacial score (nSPS) is 17.5. The minimum absolute atomic E-state index is 0.0827. The van der Waals surface area contributed by atoms with Crippen LogP contribution in [0.2, 0.25) is 0 Å². The number of hydrogen-bond acceptors (Lipinski definition) is 6. The van der Waals surface area contributed by atoms with Crippen molar-refractivity contribution in [2.24, 2.45) is 5.92 Å². The van der Waals surface area contributed by atoms with Gasteiger partial charge in [0.2, 0.25) is 11.8 Å². The predicted octanol–water partition coefficient (Wildman–Crippen LogP) is 1.67. The van der Waals surface area contributed by atoms with Gasteiger partial charge in [-0.1, -0.05) is 30.3 Å². The van der Waals surface area contributed by atoms with E-state index < -0.39 is 11.9 Å². The van der Waals surface area contributed by atoms with Crippen molar-refractivity contribution < 1.29 is 28.6 Å². The van der Waals surface area contributed by atoms with Gasteiger partial charge in [-0.25, -0.2) is 0 Å². The monoisotopic (exact) mass is 410 g/mol. The Kier molecular flexibility index (Phi) is 5.83. The summed E-state index contributed by atoms with van der Waals surface area (Å²) in [6.07, 6.45) is 0.0827. The molecule has 1 N–H and O–H groups in total. The number of ether oxygens (including phenoxy) is 3. The van der Waals surface area contributed by atoms with Gasteiger partial charge in [-0.15, -0.1) is 0 Å². The molecule has 2 aliphatic rings. The zero-order valence-electron chi connectivity index (χ0n) is 16.3. The third-order valence-corrected chi connectivity index (χ3v) is 4.98. The lowest BCUT2D eigenvalue weighted by molar-refractivity contribution is -0.145. The first-order chi connectivity index (χ1) is 14.6. The molecular weight excluding hydrogens is 388 g/mol. The molecule has 2 aliphatic heterocycles. The maximum Gasteiger partial charge on any atom is 0.325 e. The average Bonchev–Trinajstić information content (AvgIpc) is 3.18. The Balaban J connectivity index is 1.28. The van der Waals surface area contributed by atoms with E-state index in [1.54, 1.807) is 23.1 Å². The van der Waals surface area contributed by atoms with Crippen LogP contribution >= 0.6 is 0 Å². The SMILES string of the molecule is O=C(CNC(=O)[C@@H]1CC(=O)N(c2ccc3c(c2)OCCO3)C1)OCc1ccccc1. The molecule has 0 saturated carbocycles. The van der Waals surface area contributed by atoms with Crippen LogP contribution < -0.4 is 19.7 Å². The standard InChI is InChI=1S/C22H22N2O6/c25-20-10-16(13-24(20)17-6-7-18-19(11-17)29-9-8-28-18)22(27)23-12-21(26)30-14-15-4-2-1-3-5-15/h1-7,11,16H,8-10,12-14H2,(H,23,27)/t16-/m1/s1. The zero-order valence-corrected chi connectivity index (χ0v) is 16.3. The van der Waals surface area contributed by atoms with Crippen molar-refractivity contribution in [2.45, 2.75) is 13.0 Å². The topological polar surface area (TPSA) is 94.2 Å². The summed E-state index contributed by atoms with van der Waals surface area (Å²) in [5.74, 6) is -0.341. The van der Waals surface area contributed by atoms with Gasteiger partial charge in [-0.2, -0.15) is 0 Å². The molecule has 30 heavy (non-hydrogen) atoms. The molecule has 2 aromatic rings. The van der Waals surface area contributed by atoms with Gasteiger partial charge >= 0.3 is 5.97 Å². The number of carbonyl (C=O) groups is 3. The molecule has 1 saturated heterocycles. The van der Waals surface area contributed by atoms with Crippen LogP contribution in [-0.2, 0) is 25.7 Å². The summed E-state index contributed by atoms with van der Waals surface area (Å²) in [6.45, 7) is 1.10. The first kappa shape index (κ1) is 19.8. The fraction of sp³-hybridized carbons (Fsp3) is 0.318. The van der Waals surface area contributed by atoms with Gasteiger partial charge in [0.25, 0.3) is 0 Å². The molecule has 2 heterocycles. The second kappa shape index (κ2) is 8.86. The largest absolute Gasteiger partial charge is 0.486 e. The lowest BCUT2D eigenvalue weighted by atomic mass is 10.1. The molecule has 2 aromatic carbocycles. The van der Waals surface area contributed by atoms with Crippen LogP contribution in [0.15, 0.2) is 48.5 Å². The summed E-state index contributed by atoms with van der Waals surface area (Å²) in [5, 5.41) is 2.57. The van der Waals surface area contributed by atoms with Crippen molar-refractivity contribution in [3.8, 4) is 11.5 Å². The number of anilines is 1. The number of rotatable bonds is 6. The molecule has 1 atom stereocenters. The molecule has 0 bridgehead atoms. The van der Waals surface area contributed by atoms with Crippen molar-refractivity contribution in [3.63, 3.8) is 0 Å². The summed E-state index contributed by atoms with van der Waals surface area (Å²) < 4.78 is 16.2. The van der Waals surface area contributed by atoms with Crippen molar-refractivity contribution in [2.75, 3.05) is 31.2 Å². The highest BCUT2D eigenvalue weighted by atomic mass is 16.6. The number of carbonyl (C=O) groups excluding carboxylic acids is 3. The number of amides is 2. The predicted molar refractivity (Wildman–Crippen MR) is 107 cm³/mol. The molecule has 1 fully saturated rings. The van der Waals surface area contributed by atoms with E-state index in [9.17, 15) is 14.4 Å². The van der Waals surface area contributed by atoms with Gasteiger partial charge in [0.1, 0.15) is 26.4 Å². The van der Waals surface area contributed by atoms with Crippen molar-refractivity contribution in [1.29, 1.82) is 0 Å². The van der Waals surface area contributed by atoms with E-state index in [1.165, 1.54) is 0 Å². The van der Waals surface area contributed by atoms with E-state index in [4.69, 9.17) is 14.2 Å². The number of benzene rings is 2. The number of hydrogen-bond donors (Lipinski definition) is 1. The van der Waals surface area contributed by atoms with Crippen molar-refractivity contribution in [1.82, 2.24) is 5.32 Å². The van der Waals surface area contributed by atoms with Gasteiger partial charge in [0.15, 0.2) is 11.5 Å². The van der Waals surface area contributed by atoms with E-state index in [1.807, 2.05) is 30.3 Å². The molecule has 8 heteroatoms. The molecule has 8 nitrogen and oxygen atoms in total. The minimum Gasteiger partial charge on any atom is -0.486 e. The molecule has 2 amide bonds. The maximum absolute atomic E-state index is 12.4. The molecule has 4 rings (SSSR count). The molecule has 156 valence electrons. The molecule has 0 radical (unpaired) electrons. The Morgan fingerprint density at radius 1 is 1.07 bits per heavy atom. The fourth-order valence-electron chi connectivity index (χ4n) is 3.43. The first-order valence-electron chi connectivity index (χ1n) is 9.77. The van der Waals surface area contributed by atoms with Gasteiger partial charge in [-0.3, -0.25) is 14.4 Å². The van der Waals surface area contributed by atoms with Crippen LogP contribution in [-0.4, -0.2) is 44.1 Å². The molecule has 0 spiro atoms. The second-order valence-electron chi connectivity index (χ2n) is 7.10. The number of nitrogens with zero attached hydrogens (tertiary/aromatic N) is 1. The quantitative estimate of drug-likeness (QED) is 0.728. The van der Waals surface area contributed by atoms with Gasteiger partial charge in [0.05, 0.1) is 5.92 Å². The van der Waals surface area contributed by atoms with E-state index in [-0.39, 0.29) is 37.9 Å². The van der Waals surface area contributed by atoms with Crippen LogP contribution in [0.3, 0.4) is 0 Å². The van der Waals surface area contributed by atoms with E-state index in [0.717, 1.165) is 5.56 Å². The Morgan fingerprint density at radius 2 is 1.83 bits per heavy atom. The summed E-state index contributed by atoms with van der Waals surface area (Å²) >= 11 is 0. The number of fused-ring (bicyclic) bond motifs is 1. The number of nitrogens with one attached hydrogen (secondary N) is 1. The van der Waals surface area contributed by atoms with Gasteiger partial charge < -0.3 is 24.4 Å². The third kappa shape index (κ3) is 4.53. The molecule has 0 aliphatic carbocycles. The third-order valence-electron chi connectivity index (χ3n) is 4.98. The highest BCUT2D eigenvalue weighted by molar-refractivity contribution is 6.00. The molecule has 0 aromatic heterocycles. The van der Waals surface area contributed by atoms with Crippen molar-refractivity contribution >= 4 is 23.5 Å². The van der Waals surface area contributed by atoms with Gasteiger partial charge in [-0.05, 0) is 17.7 Å². The van der Waals surface area contributed by atoms with Crippen LogP contribution in [0.25, 0.3) is 0 Å². The minimum atomic E-state index is -0.535. The maximum atomic E-state index is 12.4. The van der Waals surface area contributed by atoms with Crippen LogP contribution in [0.1, 0.15) is 12.0 Å². The highest BCUT2D eigenvalue weighted by Gasteiger charge is 2.35. The van der Waals surface area contributed by atoms with Crippen LogP contribution in [0.4, 0.5) is 5.69 Å². The molecule has 0 unspecified atom stereocenters. The first-order valence-corrected chi connectivity index (χ1v) is 9.77. The van der Waals surface area contributed by atoms with E-state index in [0.29, 0.717) is 30.4 Å².